The largest absolute Gasteiger partial charge is 0.418 e. The van der Waals surface area contributed by atoms with E-state index in [9.17, 15) is 4.79 Å². The number of para-hydroxylation sites is 1. The van der Waals surface area contributed by atoms with E-state index >= 15 is 0 Å². The average Bonchev–Trinajstić information content (AvgIpc) is 2.35. The first kappa shape index (κ1) is 12.2. The van der Waals surface area contributed by atoms with E-state index in [2.05, 4.69) is 10.3 Å². The minimum absolute atomic E-state index is 0.506. The van der Waals surface area contributed by atoms with Crippen molar-refractivity contribution in [2.75, 3.05) is 13.6 Å². The summed E-state index contributed by atoms with van der Waals surface area (Å²) < 4.78 is 5.11. The van der Waals surface area contributed by atoms with Gasteiger partial charge in [-0.25, -0.2) is 9.79 Å². The molecule has 0 saturated heterocycles. The fourth-order valence-corrected chi connectivity index (χ4v) is 1.47. The van der Waals surface area contributed by atoms with Crippen LogP contribution in [0, 0.1) is 0 Å². The Kier molecular flexibility index (Phi) is 3.62. The van der Waals surface area contributed by atoms with E-state index in [1.54, 1.807) is 30.5 Å². The van der Waals surface area contributed by atoms with E-state index in [0.29, 0.717) is 18.1 Å². The minimum Gasteiger partial charge on any atom is -0.410 e. The predicted octanol–water partition coefficient (Wildman–Crippen LogP) is 1.98. The first-order valence-electron chi connectivity index (χ1n) is 5.63. The molecule has 0 radical (unpaired) electrons. The number of nitrogens with one attached hydrogen (secondary N) is 1. The number of hydrogen-bond acceptors (Lipinski definition) is 4. The third-order valence-corrected chi connectivity index (χ3v) is 2.60. The lowest BCUT2D eigenvalue weighted by Crippen LogP contribution is -2.41. The highest BCUT2D eigenvalue weighted by Crippen LogP contribution is 2.09. The fourth-order valence-electron chi connectivity index (χ4n) is 1.47. The maximum absolute atomic E-state index is 11.6. The van der Waals surface area contributed by atoms with Gasteiger partial charge in [0.25, 0.3) is 0 Å². The van der Waals surface area contributed by atoms with Crippen molar-refractivity contribution in [3.8, 4) is 5.75 Å². The summed E-state index contributed by atoms with van der Waals surface area (Å²) in [5, 5.41) is 2.62. The Morgan fingerprint density at radius 1 is 1.39 bits per heavy atom. The van der Waals surface area contributed by atoms with Crippen molar-refractivity contribution < 1.29 is 9.53 Å². The summed E-state index contributed by atoms with van der Waals surface area (Å²) in [6, 6.07) is 8.91. The van der Waals surface area contributed by atoms with Crippen molar-refractivity contribution in [3.05, 3.63) is 42.2 Å². The summed E-state index contributed by atoms with van der Waals surface area (Å²) in [7, 11) is 1.94. The molecule has 0 atom stereocenters. The molecule has 18 heavy (non-hydrogen) atoms. The predicted molar refractivity (Wildman–Crippen MR) is 69.4 cm³/mol. The molecule has 5 heteroatoms. The molecule has 0 saturated carbocycles. The molecule has 0 aromatic heterocycles. The molecule has 0 bridgehead atoms. The lowest BCUT2D eigenvalue weighted by Gasteiger charge is -2.23. The Hall–Kier alpha value is -2.30. The number of hydrogen-bond donors (Lipinski definition) is 1. The molecule has 5 nitrogen and oxygen atoms in total. The number of allylic oxidation sites excluding steroid dienone is 1. The van der Waals surface area contributed by atoms with Crippen LogP contribution in [0.5, 0.6) is 5.75 Å². The smallest absolute Gasteiger partial charge is 0.410 e. The number of nitrogens with zero attached hydrogens (tertiary/aromatic N) is 2. The third-order valence-electron chi connectivity index (χ3n) is 2.60. The zero-order valence-electron chi connectivity index (χ0n) is 10.4. The maximum Gasteiger partial charge on any atom is 0.418 e. The number of likely N-dealkylation sites (N-methyl/N-ethyl adjacent to an activating group) is 1. The van der Waals surface area contributed by atoms with E-state index in [1.165, 1.54) is 0 Å². The molecule has 1 amide bonds. The summed E-state index contributed by atoms with van der Waals surface area (Å²) in [5.41, 5.74) is 1.05. The summed E-state index contributed by atoms with van der Waals surface area (Å²) >= 11 is 0. The monoisotopic (exact) mass is 245 g/mol. The number of carbonyl (C=O) groups excluding carboxylic acids is 1. The lowest BCUT2D eigenvalue weighted by atomic mass is 10.3. The average molecular weight is 245 g/mol. The van der Waals surface area contributed by atoms with Crippen LogP contribution in [-0.4, -0.2) is 30.4 Å². The van der Waals surface area contributed by atoms with Gasteiger partial charge in [-0.05, 0) is 19.1 Å². The molecule has 1 N–H and O–H groups in total. The maximum atomic E-state index is 11.6. The number of carbonyl (C=O) groups is 1. The SMILES string of the molecule is CC1=CN=C(NC(=O)Oc2ccccc2)CN1C. The van der Waals surface area contributed by atoms with E-state index in [-0.39, 0.29) is 0 Å². The summed E-state index contributed by atoms with van der Waals surface area (Å²) in [4.78, 5) is 17.8. The zero-order valence-corrected chi connectivity index (χ0v) is 10.4. The molecule has 1 heterocycles. The van der Waals surface area contributed by atoms with Gasteiger partial charge in [-0.15, -0.1) is 0 Å². The number of aliphatic imine (C=N–C) groups is 1. The normalized spacial score (nSPS) is 14.7. The van der Waals surface area contributed by atoms with E-state index in [0.717, 1.165) is 5.70 Å². The van der Waals surface area contributed by atoms with Gasteiger partial charge in [0.2, 0.25) is 0 Å². The molecule has 0 aliphatic carbocycles. The van der Waals surface area contributed by atoms with Crippen molar-refractivity contribution >= 4 is 11.9 Å². The minimum atomic E-state index is -0.527. The summed E-state index contributed by atoms with van der Waals surface area (Å²) in [6.45, 7) is 2.52. The highest BCUT2D eigenvalue weighted by molar-refractivity contribution is 5.97. The van der Waals surface area contributed by atoms with Gasteiger partial charge in [0, 0.05) is 18.9 Å². The molecule has 1 aromatic carbocycles. The highest BCUT2D eigenvalue weighted by atomic mass is 16.6. The van der Waals surface area contributed by atoms with E-state index in [4.69, 9.17) is 4.74 Å². The number of ether oxygens (including phenoxy) is 1. The molecule has 0 unspecified atom stereocenters. The van der Waals surface area contributed by atoms with Gasteiger partial charge in [-0.3, -0.25) is 5.32 Å². The van der Waals surface area contributed by atoms with Gasteiger partial charge in [0.05, 0.1) is 6.54 Å². The second-order valence-corrected chi connectivity index (χ2v) is 4.03. The van der Waals surface area contributed by atoms with Gasteiger partial charge < -0.3 is 9.64 Å². The van der Waals surface area contributed by atoms with Crippen LogP contribution < -0.4 is 10.1 Å². The molecule has 0 fully saturated rings. The molecule has 0 spiro atoms. The molecule has 1 aliphatic rings. The van der Waals surface area contributed by atoms with E-state index < -0.39 is 6.09 Å². The van der Waals surface area contributed by atoms with Crippen LogP contribution in [-0.2, 0) is 0 Å². The van der Waals surface area contributed by atoms with Crippen LogP contribution in [0.1, 0.15) is 6.92 Å². The van der Waals surface area contributed by atoms with Crippen molar-refractivity contribution in [3.63, 3.8) is 0 Å². The highest BCUT2D eigenvalue weighted by Gasteiger charge is 2.13. The van der Waals surface area contributed by atoms with E-state index in [1.807, 2.05) is 24.9 Å². The van der Waals surface area contributed by atoms with Crippen LogP contribution in [0.15, 0.2) is 47.2 Å². The summed E-state index contributed by atoms with van der Waals surface area (Å²) in [5.74, 6) is 1.08. The first-order chi connectivity index (χ1) is 8.65. The number of amides is 1. The van der Waals surface area contributed by atoms with Crippen LogP contribution in [0.25, 0.3) is 0 Å². The number of amidine groups is 1. The van der Waals surface area contributed by atoms with Crippen LogP contribution >= 0.6 is 0 Å². The van der Waals surface area contributed by atoms with Crippen LogP contribution in [0.4, 0.5) is 4.79 Å². The molecule has 2 rings (SSSR count). The van der Waals surface area contributed by atoms with Crippen molar-refractivity contribution in [2.45, 2.75) is 6.92 Å². The molecule has 1 aromatic rings. The Balaban J connectivity index is 1.93. The third kappa shape index (κ3) is 3.10. The van der Waals surface area contributed by atoms with Gasteiger partial charge in [0.1, 0.15) is 11.6 Å². The lowest BCUT2D eigenvalue weighted by molar-refractivity contribution is 0.205. The summed E-state index contributed by atoms with van der Waals surface area (Å²) in [6.07, 6.45) is 1.18. The van der Waals surface area contributed by atoms with Gasteiger partial charge >= 0.3 is 6.09 Å². The van der Waals surface area contributed by atoms with Gasteiger partial charge in [-0.2, -0.15) is 0 Å². The quantitative estimate of drug-likeness (QED) is 0.823. The second kappa shape index (κ2) is 5.35. The second-order valence-electron chi connectivity index (χ2n) is 4.03. The number of rotatable bonds is 1. The van der Waals surface area contributed by atoms with Gasteiger partial charge in [-0.1, -0.05) is 18.2 Å². The fraction of sp³-hybridized carbons (Fsp3) is 0.231. The topological polar surface area (TPSA) is 53.9 Å². The van der Waals surface area contributed by atoms with Crippen LogP contribution in [0.2, 0.25) is 0 Å². The zero-order chi connectivity index (χ0) is 13.0. The Labute approximate surface area is 106 Å². The van der Waals surface area contributed by atoms with Crippen molar-refractivity contribution in [1.29, 1.82) is 0 Å². The molecule has 1 aliphatic heterocycles. The standard InChI is InChI=1S/C13H15N3O2/c1-10-8-14-12(9-16(10)2)15-13(17)18-11-6-4-3-5-7-11/h3-8H,9H2,1-2H3,(H,14,15,17). The Morgan fingerprint density at radius 2 is 2.11 bits per heavy atom. The van der Waals surface area contributed by atoms with Crippen molar-refractivity contribution in [2.24, 2.45) is 4.99 Å². The molecular formula is C13H15N3O2. The van der Waals surface area contributed by atoms with Crippen molar-refractivity contribution in [1.82, 2.24) is 10.2 Å². The molecule has 94 valence electrons. The first-order valence-corrected chi connectivity index (χ1v) is 5.63. The number of benzene rings is 1. The Morgan fingerprint density at radius 3 is 2.78 bits per heavy atom. The molecular weight excluding hydrogens is 230 g/mol. The van der Waals surface area contributed by atoms with Crippen LogP contribution in [0.3, 0.4) is 0 Å². The Bertz CT molecular complexity index is 494. The van der Waals surface area contributed by atoms with Gasteiger partial charge in [0.15, 0.2) is 0 Å².